The SMILES string of the molecule is O=C(O)c1cccc2c1C(=O)c1cccc(O)c1C2=O. The van der Waals surface area contributed by atoms with E-state index in [1.807, 2.05) is 0 Å². The largest absolute Gasteiger partial charge is 0.507 e. The van der Waals surface area contributed by atoms with Gasteiger partial charge in [-0.05, 0) is 12.1 Å². The highest BCUT2D eigenvalue weighted by atomic mass is 16.4. The van der Waals surface area contributed by atoms with Crippen molar-refractivity contribution < 1.29 is 24.6 Å². The van der Waals surface area contributed by atoms with E-state index in [1.165, 1.54) is 36.4 Å². The molecule has 0 radical (unpaired) electrons. The smallest absolute Gasteiger partial charge is 0.336 e. The van der Waals surface area contributed by atoms with Gasteiger partial charge in [0.05, 0.1) is 11.1 Å². The first-order valence-corrected chi connectivity index (χ1v) is 5.80. The molecule has 0 fully saturated rings. The van der Waals surface area contributed by atoms with Gasteiger partial charge in [-0.1, -0.05) is 24.3 Å². The summed E-state index contributed by atoms with van der Waals surface area (Å²) >= 11 is 0. The maximum atomic E-state index is 12.4. The van der Waals surface area contributed by atoms with Crippen LogP contribution >= 0.6 is 0 Å². The van der Waals surface area contributed by atoms with Crippen molar-refractivity contribution in [2.24, 2.45) is 0 Å². The standard InChI is InChI=1S/C15H8O5/c16-10-6-2-4-8-12(10)14(18)7-3-1-5-9(15(19)20)11(7)13(8)17/h1-6,16H,(H,19,20). The van der Waals surface area contributed by atoms with Gasteiger partial charge in [0, 0.05) is 16.7 Å². The predicted octanol–water partition coefficient (Wildman–Crippen LogP) is 1.87. The van der Waals surface area contributed by atoms with E-state index in [2.05, 4.69) is 0 Å². The summed E-state index contributed by atoms with van der Waals surface area (Å²) in [7, 11) is 0. The molecule has 5 nitrogen and oxygen atoms in total. The number of carboxylic acid groups (broad SMARTS) is 1. The molecule has 1 aliphatic carbocycles. The van der Waals surface area contributed by atoms with Crippen molar-refractivity contribution in [3.05, 3.63) is 64.2 Å². The number of ketones is 2. The highest BCUT2D eigenvalue weighted by Gasteiger charge is 2.34. The van der Waals surface area contributed by atoms with Crippen LogP contribution in [-0.4, -0.2) is 27.7 Å². The van der Waals surface area contributed by atoms with Crippen molar-refractivity contribution in [1.29, 1.82) is 0 Å². The molecule has 0 heterocycles. The zero-order valence-electron chi connectivity index (χ0n) is 10.1. The van der Waals surface area contributed by atoms with Crippen LogP contribution < -0.4 is 0 Å². The average Bonchev–Trinajstić information content (AvgIpc) is 2.43. The number of carboxylic acids is 1. The summed E-state index contributed by atoms with van der Waals surface area (Å²) in [5.41, 5.74) is -0.384. The molecule has 2 aromatic rings. The van der Waals surface area contributed by atoms with E-state index < -0.39 is 17.5 Å². The lowest BCUT2D eigenvalue weighted by Gasteiger charge is -2.19. The number of carbonyl (C=O) groups is 3. The molecule has 0 amide bonds. The number of benzene rings is 2. The van der Waals surface area contributed by atoms with E-state index in [0.717, 1.165) is 0 Å². The second-order valence-corrected chi connectivity index (χ2v) is 4.39. The fourth-order valence-corrected chi connectivity index (χ4v) is 2.40. The van der Waals surface area contributed by atoms with Crippen molar-refractivity contribution in [3.63, 3.8) is 0 Å². The number of fused-ring (bicyclic) bond motifs is 2. The van der Waals surface area contributed by atoms with Crippen LogP contribution in [0.4, 0.5) is 0 Å². The van der Waals surface area contributed by atoms with Gasteiger partial charge in [-0.25, -0.2) is 4.79 Å². The van der Waals surface area contributed by atoms with Gasteiger partial charge in [0.25, 0.3) is 0 Å². The number of hydrogen-bond donors (Lipinski definition) is 2. The van der Waals surface area contributed by atoms with Crippen LogP contribution in [0, 0.1) is 0 Å². The van der Waals surface area contributed by atoms with Gasteiger partial charge in [0.15, 0.2) is 11.6 Å². The van der Waals surface area contributed by atoms with Gasteiger partial charge in [-0.2, -0.15) is 0 Å². The van der Waals surface area contributed by atoms with Crippen LogP contribution in [0.3, 0.4) is 0 Å². The maximum absolute atomic E-state index is 12.4. The van der Waals surface area contributed by atoms with Crippen LogP contribution in [0.5, 0.6) is 5.75 Å². The first-order chi connectivity index (χ1) is 9.52. The Balaban J connectivity index is 2.38. The monoisotopic (exact) mass is 268 g/mol. The van der Waals surface area contributed by atoms with Crippen molar-refractivity contribution in [2.75, 3.05) is 0 Å². The normalized spacial score (nSPS) is 12.8. The second kappa shape index (κ2) is 4.03. The second-order valence-electron chi connectivity index (χ2n) is 4.39. The minimum Gasteiger partial charge on any atom is -0.507 e. The van der Waals surface area contributed by atoms with Crippen molar-refractivity contribution >= 4 is 17.5 Å². The van der Waals surface area contributed by atoms with E-state index in [0.29, 0.717) is 0 Å². The van der Waals surface area contributed by atoms with Crippen LogP contribution in [0.2, 0.25) is 0 Å². The van der Waals surface area contributed by atoms with E-state index in [-0.39, 0.29) is 33.6 Å². The maximum Gasteiger partial charge on any atom is 0.336 e. The zero-order chi connectivity index (χ0) is 14.4. The lowest BCUT2D eigenvalue weighted by Crippen LogP contribution is -2.23. The molecule has 0 unspecified atom stereocenters. The molecule has 0 aromatic heterocycles. The number of rotatable bonds is 1. The van der Waals surface area contributed by atoms with E-state index in [9.17, 15) is 19.5 Å². The third-order valence-corrected chi connectivity index (χ3v) is 3.28. The molecule has 0 saturated heterocycles. The highest BCUT2D eigenvalue weighted by Crippen LogP contribution is 2.33. The molecular formula is C15H8O5. The summed E-state index contributed by atoms with van der Waals surface area (Å²) in [6.07, 6.45) is 0. The molecule has 0 atom stereocenters. The van der Waals surface area contributed by atoms with E-state index >= 15 is 0 Å². The number of aromatic carboxylic acids is 1. The van der Waals surface area contributed by atoms with Crippen LogP contribution in [0.25, 0.3) is 0 Å². The lowest BCUT2D eigenvalue weighted by atomic mass is 9.81. The molecule has 2 aromatic carbocycles. The summed E-state index contributed by atoms with van der Waals surface area (Å²) in [6.45, 7) is 0. The summed E-state index contributed by atoms with van der Waals surface area (Å²) < 4.78 is 0. The third kappa shape index (κ3) is 1.46. The van der Waals surface area contributed by atoms with E-state index in [1.54, 1.807) is 0 Å². The summed E-state index contributed by atoms with van der Waals surface area (Å²) in [5, 5.41) is 18.9. The Morgan fingerprint density at radius 3 is 2.05 bits per heavy atom. The number of aromatic hydroxyl groups is 1. The summed E-state index contributed by atoms with van der Waals surface area (Å²) in [6, 6.07) is 8.22. The van der Waals surface area contributed by atoms with Crippen LogP contribution in [0.1, 0.15) is 42.2 Å². The van der Waals surface area contributed by atoms with Crippen molar-refractivity contribution in [3.8, 4) is 5.75 Å². The Kier molecular flexibility index (Phi) is 2.44. The zero-order valence-corrected chi connectivity index (χ0v) is 10.1. The van der Waals surface area contributed by atoms with Gasteiger partial charge in [0.1, 0.15) is 5.75 Å². The van der Waals surface area contributed by atoms with Gasteiger partial charge in [0.2, 0.25) is 0 Å². The molecule has 2 N–H and O–H groups in total. The molecule has 0 spiro atoms. The van der Waals surface area contributed by atoms with Crippen molar-refractivity contribution in [1.82, 2.24) is 0 Å². The fraction of sp³-hybridized carbons (Fsp3) is 0. The third-order valence-electron chi connectivity index (χ3n) is 3.28. The Morgan fingerprint density at radius 2 is 1.40 bits per heavy atom. The Bertz CT molecular complexity index is 789. The topological polar surface area (TPSA) is 91.7 Å². The molecule has 98 valence electrons. The molecule has 20 heavy (non-hydrogen) atoms. The van der Waals surface area contributed by atoms with Crippen LogP contribution in [0.15, 0.2) is 36.4 Å². The molecule has 0 aliphatic heterocycles. The number of phenolic OH excluding ortho intramolecular Hbond substituents is 1. The molecule has 1 aliphatic rings. The number of carbonyl (C=O) groups excluding carboxylic acids is 2. The molecule has 5 heteroatoms. The first-order valence-electron chi connectivity index (χ1n) is 5.80. The minimum absolute atomic E-state index is 0.00361. The lowest BCUT2D eigenvalue weighted by molar-refractivity contribution is 0.0692. The van der Waals surface area contributed by atoms with Gasteiger partial charge in [-0.15, -0.1) is 0 Å². The Labute approximate surface area is 113 Å². The minimum atomic E-state index is -1.27. The Hall–Kier alpha value is -2.95. The summed E-state index contributed by atoms with van der Waals surface area (Å²) in [5.74, 6) is -2.67. The van der Waals surface area contributed by atoms with Crippen LogP contribution in [-0.2, 0) is 0 Å². The van der Waals surface area contributed by atoms with Crippen molar-refractivity contribution in [2.45, 2.75) is 0 Å². The first kappa shape index (κ1) is 12.1. The van der Waals surface area contributed by atoms with E-state index in [4.69, 9.17) is 5.11 Å². The molecular weight excluding hydrogens is 260 g/mol. The number of phenols is 1. The molecule has 3 rings (SSSR count). The Morgan fingerprint density at radius 1 is 0.850 bits per heavy atom. The fourth-order valence-electron chi connectivity index (χ4n) is 2.40. The highest BCUT2D eigenvalue weighted by molar-refractivity contribution is 6.31. The predicted molar refractivity (Wildman–Crippen MR) is 68.4 cm³/mol. The quantitative estimate of drug-likeness (QED) is 0.702. The summed E-state index contributed by atoms with van der Waals surface area (Å²) in [4.78, 5) is 35.9. The number of hydrogen-bond acceptors (Lipinski definition) is 4. The van der Waals surface area contributed by atoms with Gasteiger partial charge < -0.3 is 10.2 Å². The van der Waals surface area contributed by atoms with Gasteiger partial charge in [-0.3, -0.25) is 9.59 Å². The van der Waals surface area contributed by atoms with Gasteiger partial charge >= 0.3 is 5.97 Å². The molecule has 0 saturated carbocycles. The average molecular weight is 268 g/mol. The molecule has 0 bridgehead atoms.